The first kappa shape index (κ1) is 15.1. The van der Waals surface area contributed by atoms with Crippen LogP contribution in [0.1, 0.15) is 34.1 Å². The Hall–Kier alpha value is -0.995. The van der Waals surface area contributed by atoms with Crippen molar-refractivity contribution in [2.75, 3.05) is 7.11 Å². The van der Waals surface area contributed by atoms with Crippen LogP contribution in [0.3, 0.4) is 0 Å². The molecule has 0 heterocycles. The molecule has 0 aliphatic heterocycles. The molecule has 0 amide bonds. The van der Waals surface area contributed by atoms with E-state index < -0.39 is 7.12 Å². The first-order chi connectivity index (χ1) is 8.23. The standard InChI is InChI=1S/C14H23BO3/c1-6-14(4)8-7-13(2,3)10-12(18-5)11(9-14)15(16)17/h7-10,16-17H,6H2,1-5H3. The fourth-order valence-corrected chi connectivity index (χ4v) is 1.95. The predicted molar refractivity (Wildman–Crippen MR) is 74.7 cm³/mol. The third-order valence-corrected chi connectivity index (χ3v) is 3.43. The minimum absolute atomic E-state index is 0.184. The lowest BCUT2D eigenvalue weighted by molar-refractivity contribution is 0.289. The molecule has 3 nitrogen and oxygen atoms in total. The quantitative estimate of drug-likeness (QED) is 0.597. The molecular formula is C14H23BO3. The average molecular weight is 250 g/mol. The van der Waals surface area contributed by atoms with Crippen molar-refractivity contribution in [1.29, 1.82) is 0 Å². The van der Waals surface area contributed by atoms with Gasteiger partial charge >= 0.3 is 7.12 Å². The normalized spacial score (nSPS) is 26.8. The van der Waals surface area contributed by atoms with Crippen LogP contribution in [-0.2, 0) is 4.74 Å². The molecule has 2 N–H and O–H groups in total. The molecule has 1 atom stereocenters. The molecule has 0 aromatic carbocycles. The van der Waals surface area contributed by atoms with E-state index in [1.807, 2.05) is 12.2 Å². The van der Waals surface area contributed by atoms with Crippen LogP contribution in [0.5, 0.6) is 0 Å². The molecule has 1 aliphatic rings. The van der Waals surface area contributed by atoms with E-state index in [1.54, 1.807) is 7.11 Å². The van der Waals surface area contributed by atoms with Crippen molar-refractivity contribution in [3.63, 3.8) is 0 Å². The Morgan fingerprint density at radius 3 is 2.22 bits per heavy atom. The van der Waals surface area contributed by atoms with Gasteiger partial charge in [0, 0.05) is 16.3 Å². The minimum Gasteiger partial charge on any atom is -0.497 e. The van der Waals surface area contributed by atoms with Crippen LogP contribution in [0.4, 0.5) is 0 Å². The lowest BCUT2D eigenvalue weighted by Gasteiger charge is -2.28. The summed E-state index contributed by atoms with van der Waals surface area (Å²) in [6.07, 6.45) is 8.92. The van der Waals surface area contributed by atoms with Crippen molar-refractivity contribution in [3.05, 3.63) is 35.5 Å². The Morgan fingerprint density at radius 1 is 1.17 bits per heavy atom. The maximum absolute atomic E-state index is 9.54. The Bertz CT molecular complexity index is 394. The van der Waals surface area contributed by atoms with Gasteiger partial charge in [-0.05, 0) is 12.5 Å². The second-order valence-electron chi connectivity index (χ2n) is 5.70. The summed E-state index contributed by atoms with van der Waals surface area (Å²) in [5.74, 6) is 0.527. The monoisotopic (exact) mass is 250 g/mol. The van der Waals surface area contributed by atoms with Crippen LogP contribution in [0.25, 0.3) is 0 Å². The Labute approximate surface area is 110 Å². The zero-order chi connectivity index (χ0) is 14.0. The number of rotatable bonds is 3. The van der Waals surface area contributed by atoms with Gasteiger partial charge in [0.2, 0.25) is 0 Å². The first-order valence-corrected chi connectivity index (χ1v) is 6.29. The third-order valence-electron chi connectivity index (χ3n) is 3.43. The van der Waals surface area contributed by atoms with Gasteiger partial charge in [-0.15, -0.1) is 0 Å². The summed E-state index contributed by atoms with van der Waals surface area (Å²) in [6.45, 7) is 8.27. The number of ether oxygens (including phenoxy) is 1. The largest absolute Gasteiger partial charge is 0.497 e. The minimum atomic E-state index is -1.52. The second-order valence-corrected chi connectivity index (χ2v) is 5.70. The van der Waals surface area contributed by atoms with E-state index in [0.717, 1.165) is 6.42 Å². The molecule has 0 fully saturated rings. The summed E-state index contributed by atoms with van der Waals surface area (Å²) in [4.78, 5) is 0. The van der Waals surface area contributed by atoms with Crippen LogP contribution in [-0.4, -0.2) is 24.3 Å². The van der Waals surface area contributed by atoms with Crippen LogP contribution >= 0.6 is 0 Å². The van der Waals surface area contributed by atoms with Gasteiger partial charge in [-0.3, -0.25) is 0 Å². The number of hydrogen-bond donors (Lipinski definition) is 2. The molecule has 18 heavy (non-hydrogen) atoms. The van der Waals surface area contributed by atoms with Crippen molar-refractivity contribution in [2.45, 2.75) is 34.1 Å². The summed E-state index contributed by atoms with van der Waals surface area (Å²) in [7, 11) is 0.0246. The van der Waals surface area contributed by atoms with Crippen LogP contribution < -0.4 is 0 Å². The van der Waals surface area contributed by atoms with Crippen molar-refractivity contribution in [1.82, 2.24) is 0 Å². The summed E-state index contributed by atoms with van der Waals surface area (Å²) < 4.78 is 5.31. The van der Waals surface area contributed by atoms with Gasteiger partial charge in [-0.1, -0.05) is 45.9 Å². The lowest BCUT2D eigenvalue weighted by Crippen LogP contribution is -2.24. The molecule has 4 heteroatoms. The highest BCUT2D eigenvalue weighted by molar-refractivity contribution is 6.52. The summed E-state index contributed by atoms with van der Waals surface area (Å²) >= 11 is 0. The Morgan fingerprint density at radius 2 is 1.78 bits per heavy atom. The van der Waals surface area contributed by atoms with Gasteiger partial charge < -0.3 is 14.8 Å². The van der Waals surface area contributed by atoms with E-state index in [-0.39, 0.29) is 10.8 Å². The van der Waals surface area contributed by atoms with Gasteiger partial charge in [0.1, 0.15) is 5.76 Å². The van der Waals surface area contributed by atoms with E-state index in [4.69, 9.17) is 4.74 Å². The van der Waals surface area contributed by atoms with E-state index in [9.17, 15) is 10.0 Å². The molecule has 1 unspecified atom stereocenters. The molecule has 0 bridgehead atoms. The van der Waals surface area contributed by atoms with Crippen molar-refractivity contribution < 1.29 is 14.8 Å². The Balaban J connectivity index is 3.41. The molecule has 0 saturated heterocycles. The zero-order valence-corrected chi connectivity index (χ0v) is 11.9. The highest BCUT2D eigenvalue weighted by atomic mass is 16.5. The molecule has 0 aromatic rings. The maximum Gasteiger partial charge on any atom is 0.491 e. The van der Waals surface area contributed by atoms with E-state index >= 15 is 0 Å². The first-order valence-electron chi connectivity index (χ1n) is 6.29. The summed E-state index contributed by atoms with van der Waals surface area (Å²) in [6, 6.07) is 0. The van der Waals surface area contributed by atoms with Gasteiger partial charge in [0.05, 0.1) is 7.11 Å². The van der Waals surface area contributed by atoms with Gasteiger partial charge in [0.25, 0.3) is 0 Å². The molecule has 100 valence electrons. The molecule has 0 aromatic heterocycles. The summed E-state index contributed by atoms with van der Waals surface area (Å²) in [5.41, 5.74) is 0.0455. The molecule has 0 spiro atoms. The average Bonchev–Trinajstić information content (AvgIpc) is 2.29. The lowest BCUT2D eigenvalue weighted by atomic mass is 9.69. The smallest absolute Gasteiger partial charge is 0.491 e. The number of hydrogen-bond acceptors (Lipinski definition) is 3. The molecule has 1 rings (SSSR count). The van der Waals surface area contributed by atoms with Crippen molar-refractivity contribution in [3.8, 4) is 0 Å². The summed E-state index contributed by atoms with van der Waals surface area (Å²) in [5, 5.41) is 19.1. The Kier molecular flexibility index (Phi) is 4.46. The zero-order valence-electron chi connectivity index (χ0n) is 11.9. The fraction of sp³-hybridized carbons (Fsp3) is 0.571. The predicted octanol–water partition coefficient (Wildman–Crippen LogP) is 2.47. The van der Waals surface area contributed by atoms with Crippen LogP contribution in [0.2, 0.25) is 0 Å². The van der Waals surface area contributed by atoms with Crippen LogP contribution in [0, 0.1) is 10.8 Å². The molecular weight excluding hydrogens is 227 g/mol. The topological polar surface area (TPSA) is 49.7 Å². The van der Waals surface area contributed by atoms with E-state index in [0.29, 0.717) is 11.2 Å². The van der Waals surface area contributed by atoms with Gasteiger partial charge in [0.15, 0.2) is 0 Å². The maximum atomic E-state index is 9.54. The highest BCUT2D eigenvalue weighted by Gasteiger charge is 2.29. The van der Waals surface area contributed by atoms with E-state index in [2.05, 4.69) is 39.8 Å². The number of methoxy groups -OCH3 is 1. The van der Waals surface area contributed by atoms with Gasteiger partial charge in [-0.2, -0.15) is 0 Å². The SMILES string of the molecule is CCC1(C)C=CC(C)(C)C=C(OC)C(B(O)O)=C1. The van der Waals surface area contributed by atoms with Gasteiger partial charge in [-0.25, -0.2) is 0 Å². The molecule has 1 aliphatic carbocycles. The van der Waals surface area contributed by atoms with Crippen molar-refractivity contribution in [2.24, 2.45) is 10.8 Å². The van der Waals surface area contributed by atoms with E-state index in [1.165, 1.54) is 0 Å². The number of allylic oxidation sites excluding steroid dienone is 5. The van der Waals surface area contributed by atoms with Crippen molar-refractivity contribution >= 4 is 7.12 Å². The highest BCUT2D eigenvalue weighted by Crippen LogP contribution is 2.35. The third kappa shape index (κ3) is 3.50. The molecule has 0 saturated carbocycles. The molecule has 0 radical (unpaired) electrons. The fourth-order valence-electron chi connectivity index (χ4n) is 1.95. The second kappa shape index (κ2) is 5.33. The van der Waals surface area contributed by atoms with Crippen LogP contribution in [0.15, 0.2) is 35.5 Å².